The first kappa shape index (κ1) is 93.3. The maximum atomic E-state index is 13.4. The number of nitrogens with one attached hydrogen (secondary N) is 1. The van der Waals surface area contributed by atoms with Gasteiger partial charge in [-0.15, -0.1) is 0 Å². The maximum absolute atomic E-state index is 13.4. The predicted octanol–water partition coefficient (Wildman–Crippen LogP) is 19.5. The zero-order chi connectivity index (χ0) is 72.2. The van der Waals surface area contributed by atoms with Gasteiger partial charge in [-0.1, -0.05) is 369 Å². The van der Waals surface area contributed by atoms with E-state index in [0.29, 0.717) is 12.8 Å². The van der Waals surface area contributed by atoms with Crippen LogP contribution in [0.3, 0.4) is 0 Å². The van der Waals surface area contributed by atoms with Crippen molar-refractivity contribution in [3.05, 3.63) is 85.1 Å². The quantitative estimate of drug-likeness (QED) is 0.0204. The van der Waals surface area contributed by atoms with Crippen LogP contribution in [0.2, 0.25) is 0 Å². The van der Waals surface area contributed by atoms with Crippen LogP contribution in [0.1, 0.15) is 361 Å². The lowest BCUT2D eigenvalue weighted by Crippen LogP contribution is -2.65. The fourth-order valence-electron chi connectivity index (χ4n) is 13.6. The first-order chi connectivity index (χ1) is 49.1. The first-order valence-corrected chi connectivity index (χ1v) is 41.8. The van der Waals surface area contributed by atoms with Gasteiger partial charge in [0, 0.05) is 6.42 Å². The zero-order valence-corrected chi connectivity index (χ0v) is 63.9. The minimum Gasteiger partial charge on any atom is -0.394 e. The third-order valence-electron chi connectivity index (χ3n) is 20.1. The molecule has 14 heteroatoms. The second-order valence-corrected chi connectivity index (χ2v) is 29.2. The number of hydrogen-bond acceptors (Lipinski definition) is 13. The van der Waals surface area contributed by atoms with Crippen molar-refractivity contribution in [2.24, 2.45) is 0 Å². The van der Waals surface area contributed by atoms with Gasteiger partial charge in [0.25, 0.3) is 0 Å². The highest BCUT2D eigenvalue weighted by Gasteiger charge is 2.51. The second-order valence-electron chi connectivity index (χ2n) is 29.2. The molecular weight excluding hydrogens is 1250 g/mol. The van der Waals surface area contributed by atoms with Crippen molar-refractivity contribution in [3.63, 3.8) is 0 Å². The summed E-state index contributed by atoms with van der Waals surface area (Å²) in [5.74, 6) is -0.204. The van der Waals surface area contributed by atoms with Gasteiger partial charge in [0.2, 0.25) is 5.91 Å². The van der Waals surface area contributed by atoms with Gasteiger partial charge in [-0.05, 0) is 70.6 Å². The smallest absolute Gasteiger partial charge is 0.220 e. The lowest BCUT2D eigenvalue weighted by atomic mass is 9.97. The average Bonchev–Trinajstić information content (AvgIpc) is 0.791. The van der Waals surface area contributed by atoms with Crippen LogP contribution in [-0.4, -0.2) is 140 Å². The molecule has 0 saturated carbocycles. The Labute approximate surface area is 611 Å². The summed E-state index contributed by atoms with van der Waals surface area (Å²) >= 11 is 0. The summed E-state index contributed by atoms with van der Waals surface area (Å²) in [6, 6.07) is -0.835. The molecule has 2 saturated heterocycles. The number of ether oxygens (including phenoxy) is 4. The van der Waals surface area contributed by atoms with Crippen molar-refractivity contribution in [2.45, 2.75) is 434 Å². The zero-order valence-electron chi connectivity index (χ0n) is 63.9. The summed E-state index contributed by atoms with van der Waals surface area (Å²) in [5.41, 5.74) is 0. The number of unbranched alkanes of at least 4 members (excludes halogenated alkanes) is 43. The molecule has 14 nitrogen and oxygen atoms in total. The molecule has 0 radical (unpaired) electrons. The molecule has 9 N–H and O–H groups in total. The number of hydrogen-bond donors (Lipinski definition) is 9. The number of amides is 1. The molecule has 0 aromatic rings. The van der Waals surface area contributed by atoms with Gasteiger partial charge < -0.3 is 65.1 Å². The molecule has 0 aromatic heterocycles. The Morgan fingerprint density at radius 1 is 0.370 bits per heavy atom. The van der Waals surface area contributed by atoms with Gasteiger partial charge in [-0.25, -0.2) is 0 Å². The number of carbonyl (C=O) groups is 1. The van der Waals surface area contributed by atoms with Crippen LogP contribution >= 0.6 is 0 Å². The highest BCUT2D eigenvalue weighted by molar-refractivity contribution is 5.76. The summed E-state index contributed by atoms with van der Waals surface area (Å²) in [6.07, 6.45) is 80.5. The third kappa shape index (κ3) is 51.4. The second kappa shape index (κ2) is 69.2. The fraction of sp³-hybridized carbons (Fsp3) is 0.826. The maximum Gasteiger partial charge on any atom is 0.220 e. The van der Waals surface area contributed by atoms with Gasteiger partial charge in [0.1, 0.15) is 48.8 Å². The van der Waals surface area contributed by atoms with Crippen LogP contribution in [0.25, 0.3) is 0 Å². The highest BCUT2D eigenvalue weighted by Crippen LogP contribution is 2.30. The van der Waals surface area contributed by atoms with Gasteiger partial charge in [-0.2, -0.15) is 0 Å². The Kier molecular flexibility index (Phi) is 64.6. The number of aliphatic hydroxyl groups excluding tert-OH is 8. The number of allylic oxidation sites excluding steroid dienone is 14. The summed E-state index contributed by atoms with van der Waals surface area (Å²) in [7, 11) is 0. The monoisotopic (exact) mass is 1410 g/mol. The van der Waals surface area contributed by atoms with Crippen LogP contribution in [0.4, 0.5) is 0 Å². The Hall–Kier alpha value is -2.83. The largest absolute Gasteiger partial charge is 0.394 e. The number of carbonyl (C=O) groups excluding carboxylic acids is 1. The Balaban J connectivity index is 1.59. The molecule has 0 spiro atoms. The summed E-state index contributed by atoms with van der Waals surface area (Å²) in [6.45, 7) is 2.80. The Morgan fingerprint density at radius 3 is 1.06 bits per heavy atom. The molecular formula is C86H155NO13. The minimum absolute atomic E-state index is 0.204. The van der Waals surface area contributed by atoms with E-state index in [-0.39, 0.29) is 12.5 Å². The third-order valence-corrected chi connectivity index (χ3v) is 20.1. The normalized spacial score (nSPS) is 22.3. The van der Waals surface area contributed by atoms with Crippen LogP contribution in [0.15, 0.2) is 85.1 Å². The van der Waals surface area contributed by atoms with E-state index in [1.807, 2.05) is 0 Å². The molecule has 0 aromatic carbocycles. The van der Waals surface area contributed by atoms with E-state index >= 15 is 0 Å². The molecule has 1 amide bonds. The SMILES string of the molecule is CC/C=C\C/C=C\C/C=C\C/C=C\C/C=C\C/C=C\C/C=C\CCCCCCCCCCCCCCCCCC(=O)NC(COC1OC(CO)C(OC2OC(CO)C(O)C(O)C2O)C(O)C1O)C(O)CCCCCCCCCCCCCCCCCCCCCCCCCCCCCCC. The lowest BCUT2D eigenvalue weighted by molar-refractivity contribution is -0.359. The van der Waals surface area contributed by atoms with Gasteiger partial charge in [0.05, 0.1) is 32.0 Å². The molecule has 2 aliphatic heterocycles. The standard InChI is InChI=1S/C86H155NO13/c1-3-5-7-9-11-13-15-17-19-21-23-25-27-29-31-33-34-35-36-37-38-39-40-42-44-46-48-50-52-54-56-58-60-62-64-66-68-70-78(91)87-74(73-97-85-83(96)81(94)84(77(72-89)99-85)100-86-82(95)80(93)79(92)76(71-88)98-86)75(90)69-67-65-63-61-59-57-55-53-51-49-47-45-43-41-32-30-28-26-24-22-20-18-16-14-12-10-8-6-4-2/h5,7,11,13,17,19,23,25,29,31,34-35,37-38,74-77,79-86,88-90,92-96H,3-4,6,8-10,12,14-16,18,20-22,24,26-28,30,32-33,36,39-73H2,1-2H3,(H,87,91)/b7-5-,13-11-,19-17-,25-23-,31-29-,35-34-,38-37-. The van der Waals surface area contributed by atoms with E-state index in [1.54, 1.807) is 0 Å². The molecule has 2 aliphatic rings. The molecule has 12 atom stereocenters. The number of aliphatic hydroxyl groups is 8. The molecule has 2 heterocycles. The predicted molar refractivity (Wildman–Crippen MR) is 415 cm³/mol. The van der Waals surface area contributed by atoms with Crippen molar-refractivity contribution in [3.8, 4) is 0 Å². The Bertz CT molecular complexity index is 2010. The van der Waals surface area contributed by atoms with E-state index in [0.717, 1.165) is 96.3 Å². The van der Waals surface area contributed by atoms with Gasteiger partial charge in [0.15, 0.2) is 12.6 Å². The first-order valence-electron chi connectivity index (χ1n) is 41.8. The number of rotatable bonds is 70. The van der Waals surface area contributed by atoms with E-state index in [1.165, 1.54) is 238 Å². The van der Waals surface area contributed by atoms with Crippen LogP contribution in [0.5, 0.6) is 0 Å². The average molecular weight is 1410 g/mol. The van der Waals surface area contributed by atoms with Gasteiger partial charge >= 0.3 is 0 Å². The fourth-order valence-corrected chi connectivity index (χ4v) is 13.6. The van der Waals surface area contributed by atoms with E-state index < -0.39 is 86.8 Å². The summed E-state index contributed by atoms with van der Waals surface area (Å²) < 4.78 is 23.0. The van der Waals surface area contributed by atoms with E-state index in [9.17, 15) is 45.6 Å². The molecule has 582 valence electrons. The topological polar surface area (TPSA) is 228 Å². The molecule has 0 aliphatic carbocycles. The lowest BCUT2D eigenvalue weighted by Gasteiger charge is -2.46. The van der Waals surface area contributed by atoms with Crippen LogP contribution < -0.4 is 5.32 Å². The molecule has 2 fully saturated rings. The summed E-state index contributed by atoms with van der Waals surface area (Å²) in [5, 5.41) is 88.0. The van der Waals surface area contributed by atoms with Crippen molar-refractivity contribution in [1.82, 2.24) is 5.32 Å². The Morgan fingerprint density at radius 2 is 0.690 bits per heavy atom. The molecule has 0 bridgehead atoms. The van der Waals surface area contributed by atoms with Crippen molar-refractivity contribution in [1.29, 1.82) is 0 Å². The summed E-state index contributed by atoms with van der Waals surface area (Å²) in [4.78, 5) is 13.4. The van der Waals surface area contributed by atoms with Crippen LogP contribution in [0, 0.1) is 0 Å². The van der Waals surface area contributed by atoms with E-state index in [2.05, 4.69) is 104 Å². The minimum atomic E-state index is -1.79. The van der Waals surface area contributed by atoms with Crippen molar-refractivity contribution < 1.29 is 64.6 Å². The molecule has 2 rings (SSSR count). The molecule has 100 heavy (non-hydrogen) atoms. The van der Waals surface area contributed by atoms with Crippen molar-refractivity contribution in [2.75, 3.05) is 19.8 Å². The van der Waals surface area contributed by atoms with Crippen molar-refractivity contribution >= 4 is 5.91 Å². The van der Waals surface area contributed by atoms with Gasteiger partial charge in [-0.3, -0.25) is 4.79 Å². The van der Waals surface area contributed by atoms with E-state index in [4.69, 9.17) is 18.9 Å². The molecule has 12 unspecified atom stereocenters. The van der Waals surface area contributed by atoms with Crippen LogP contribution in [-0.2, 0) is 23.7 Å². The highest BCUT2D eigenvalue weighted by atomic mass is 16.7.